The summed E-state index contributed by atoms with van der Waals surface area (Å²) in [6.07, 6.45) is -5.04. The van der Waals surface area contributed by atoms with Gasteiger partial charge in [-0.05, 0) is 22.6 Å². The largest absolute Gasteiger partial charge is 0.573 e. The summed E-state index contributed by atoms with van der Waals surface area (Å²) >= 11 is 7.00. The number of aromatic nitrogens is 1. The molecule has 10 heteroatoms. The molecule has 0 aliphatic heterocycles. The summed E-state index contributed by atoms with van der Waals surface area (Å²) < 4.78 is 40.0. The van der Waals surface area contributed by atoms with Crippen LogP contribution in [0.3, 0.4) is 0 Å². The van der Waals surface area contributed by atoms with Gasteiger partial charge in [0.1, 0.15) is 9.39 Å². The van der Waals surface area contributed by atoms with E-state index in [4.69, 9.17) is 11.6 Å². The van der Waals surface area contributed by atoms with E-state index < -0.39 is 28.6 Å². The van der Waals surface area contributed by atoms with Crippen LogP contribution in [0.1, 0.15) is 5.69 Å². The Labute approximate surface area is 111 Å². The molecule has 0 amide bonds. The van der Waals surface area contributed by atoms with E-state index in [0.717, 1.165) is 6.07 Å². The van der Waals surface area contributed by atoms with Crippen molar-refractivity contribution in [3.05, 3.63) is 25.6 Å². The number of hydrogen-bond donors (Lipinski definition) is 0. The maximum Gasteiger partial charge on any atom is 0.573 e. The summed E-state index contributed by atoms with van der Waals surface area (Å²) in [6.45, 7) is 0. The molecule has 0 aromatic carbocycles. The molecule has 0 radical (unpaired) electrons. The first-order chi connectivity index (χ1) is 7.74. The second-order valence-electron chi connectivity index (χ2n) is 2.68. The van der Waals surface area contributed by atoms with Crippen molar-refractivity contribution in [3.63, 3.8) is 0 Å². The minimum atomic E-state index is -5.04. The van der Waals surface area contributed by atoms with Crippen LogP contribution in [0.25, 0.3) is 0 Å². The van der Waals surface area contributed by atoms with Gasteiger partial charge >= 0.3 is 12.0 Å². The summed E-state index contributed by atoms with van der Waals surface area (Å²) in [4.78, 5) is 13.3. The molecule has 0 atom stereocenters. The monoisotopic (exact) mass is 382 g/mol. The van der Waals surface area contributed by atoms with Crippen molar-refractivity contribution in [2.75, 3.05) is 0 Å². The molecular weight excluding hydrogens is 379 g/mol. The Balaban J connectivity index is 3.37. The van der Waals surface area contributed by atoms with E-state index in [1.165, 1.54) is 0 Å². The van der Waals surface area contributed by atoms with E-state index in [1.807, 2.05) is 0 Å². The highest BCUT2D eigenvalue weighted by atomic mass is 127. The van der Waals surface area contributed by atoms with E-state index in [0.29, 0.717) is 0 Å². The van der Waals surface area contributed by atoms with Gasteiger partial charge in [0.2, 0.25) is 5.75 Å². The van der Waals surface area contributed by atoms with Gasteiger partial charge in [0.15, 0.2) is 0 Å². The van der Waals surface area contributed by atoms with E-state index in [-0.39, 0.29) is 9.39 Å². The number of rotatable bonds is 3. The number of pyridine rings is 1. The summed E-state index contributed by atoms with van der Waals surface area (Å²) in [5.41, 5.74) is -1.15. The lowest BCUT2D eigenvalue weighted by Crippen LogP contribution is -2.19. The van der Waals surface area contributed by atoms with Crippen LogP contribution in [0.5, 0.6) is 5.75 Å². The Morgan fingerprint density at radius 2 is 2.18 bits per heavy atom. The van der Waals surface area contributed by atoms with Gasteiger partial charge in [-0.25, -0.2) is 4.98 Å². The Morgan fingerprint density at radius 1 is 1.59 bits per heavy atom. The van der Waals surface area contributed by atoms with Gasteiger partial charge in [-0.3, -0.25) is 10.1 Å². The fraction of sp³-hybridized carbons (Fsp3) is 0.286. The van der Waals surface area contributed by atoms with Crippen molar-refractivity contribution >= 4 is 39.9 Å². The molecule has 0 spiro atoms. The number of alkyl halides is 4. The topological polar surface area (TPSA) is 65.3 Å². The van der Waals surface area contributed by atoms with Crippen molar-refractivity contribution in [2.45, 2.75) is 12.2 Å². The van der Waals surface area contributed by atoms with Gasteiger partial charge < -0.3 is 4.74 Å². The molecule has 0 aliphatic rings. The second-order valence-corrected chi connectivity index (χ2v) is 4.05. The van der Waals surface area contributed by atoms with E-state index >= 15 is 0 Å². The number of ether oxygens (including phenoxy) is 1. The van der Waals surface area contributed by atoms with Crippen LogP contribution in [-0.2, 0) is 5.88 Å². The molecule has 94 valence electrons. The van der Waals surface area contributed by atoms with Crippen molar-refractivity contribution in [2.24, 2.45) is 0 Å². The van der Waals surface area contributed by atoms with E-state index in [1.54, 1.807) is 22.6 Å². The molecule has 0 unspecified atom stereocenters. The number of nitrogens with zero attached hydrogens (tertiary/aromatic N) is 2. The molecule has 0 aliphatic carbocycles. The molecule has 17 heavy (non-hydrogen) atoms. The molecule has 1 aromatic heterocycles. The maximum atomic E-state index is 12.1. The van der Waals surface area contributed by atoms with Crippen LogP contribution < -0.4 is 4.74 Å². The predicted molar refractivity (Wildman–Crippen MR) is 59.8 cm³/mol. The quantitative estimate of drug-likeness (QED) is 0.265. The molecule has 1 rings (SSSR count). The Kier molecular flexibility index (Phi) is 4.36. The van der Waals surface area contributed by atoms with Crippen molar-refractivity contribution in [1.82, 2.24) is 4.98 Å². The van der Waals surface area contributed by atoms with Crippen molar-refractivity contribution < 1.29 is 22.8 Å². The average molecular weight is 382 g/mol. The van der Waals surface area contributed by atoms with Gasteiger partial charge in [-0.2, -0.15) is 0 Å². The van der Waals surface area contributed by atoms with Crippen LogP contribution in [0.2, 0.25) is 0 Å². The van der Waals surface area contributed by atoms with Gasteiger partial charge in [-0.1, -0.05) is 0 Å². The van der Waals surface area contributed by atoms with Crippen molar-refractivity contribution in [3.8, 4) is 5.75 Å². The average Bonchev–Trinajstić information content (AvgIpc) is 2.17. The molecule has 5 nitrogen and oxygen atoms in total. The highest BCUT2D eigenvalue weighted by Crippen LogP contribution is 2.36. The van der Waals surface area contributed by atoms with Crippen LogP contribution in [0.4, 0.5) is 18.9 Å². The molecular formula is C7H3ClF3IN2O3. The Bertz CT molecular complexity index is 455. The number of halogens is 5. The maximum absolute atomic E-state index is 12.1. The minimum Gasteiger partial charge on any atom is -0.396 e. The Morgan fingerprint density at radius 3 is 2.59 bits per heavy atom. The zero-order chi connectivity index (χ0) is 13.2. The lowest BCUT2D eigenvalue weighted by atomic mass is 10.3. The zero-order valence-electron chi connectivity index (χ0n) is 7.79. The van der Waals surface area contributed by atoms with Crippen LogP contribution in [0.15, 0.2) is 6.07 Å². The first kappa shape index (κ1) is 14.2. The molecule has 0 N–H and O–H groups in total. The van der Waals surface area contributed by atoms with E-state index in [2.05, 4.69) is 9.72 Å². The first-order valence-corrected chi connectivity index (χ1v) is 5.51. The smallest absolute Gasteiger partial charge is 0.396 e. The predicted octanol–water partition coefficient (Wildman–Crippen LogP) is 3.23. The fourth-order valence-electron chi connectivity index (χ4n) is 0.991. The second kappa shape index (κ2) is 5.21. The minimum absolute atomic E-state index is 0.152. The number of hydrogen-bond acceptors (Lipinski definition) is 4. The molecule has 1 aromatic rings. The standard InChI is InChI=1S/C7H3ClF3IN2O3/c8-2-3-6(17-7(9,10)11)4(14(15)16)1-5(12)13-3/h1H,2H2. The first-order valence-electron chi connectivity index (χ1n) is 3.90. The number of nitro groups is 1. The van der Waals surface area contributed by atoms with Gasteiger partial charge in [0.25, 0.3) is 0 Å². The van der Waals surface area contributed by atoms with Gasteiger partial charge in [0, 0.05) is 0 Å². The van der Waals surface area contributed by atoms with Gasteiger partial charge in [-0.15, -0.1) is 24.8 Å². The third-order valence-corrected chi connectivity index (χ3v) is 2.34. The van der Waals surface area contributed by atoms with Gasteiger partial charge in [0.05, 0.1) is 16.9 Å². The van der Waals surface area contributed by atoms with Crippen LogP contribution in [-0.4, -0.2) is 16.3 Å². The van der Waals surface area contributed by atoms with Crippen molar-refractivity contribution in [1.29, 1.82) is 0 Å². The fourth-order valence-corrected chi connectivity index (χ4v) is 1.76. The summed E-state index contributed by atoms with van der Waals surface area (Å²) in [5, 5.41) is 10.6. The molecule has 0 saturated heterocycles. The summed E-state index contributed by atoms with van der Waals surface area (Å²) in [6, 6.07) is 0.873. The normalized spacial score (nSPS) is 11.4. The third kappa shape index (κ3) is 3.84. The highest BCUT2D eigenvalue weighted by Gasteiger charge is 2.36. The van der Waals surface area contributed by atoms with Crippen LogP contribution in [0, 0.1) is 13.8 Å². The molecule has 1 heterocycles. The Hall–Kier alpha value is -0.840. The molecule has 0 saturated carbocycles. The zero-order valence-corrected chi connectivity index (χ0v) is 10.7. The molecule has 0 bridgehead atoms. The lowest BCUT2D eigenvalue weighted by Gasteiger charge is -2.11. The molecule has 0 fully saturated rings. The SMILES string of the molecule is O=[N+]([O-])c1cc(I)nc(CCl)c1OC(F)(F)F. The highest BCUT2D eigenvalue weighted by molar-refractivity contribution is 14.1. The van der Waals surface area contributed by atoms with Crippen LogP contribution >= 0.6 is 34.2 Å². The lowest BCUT2D eigenvalue weighted by molar-refractivity contribution is -0.388. The summed E-state index contributed by atoms with van der Waals surface area (Å²) in [7, 11) is 0. The summed E-state index contributed by atoms with van der Waals surface area (Å²) in [5.74, 6) is -1.40. The van der Waals surface area contributed by atoms with E-state index in [9.17, 15) is 23.3 Å². The third-order valence-electron chi connectivity index (χ3n) is 1.53.